The SMILES string of the molecule is CN1C(=CC(=O)COC(=O)c2cccnc2Cl)C(C)(C)c2ccccc21. The Bertz CT molecular complexity index is 905. The molecule has 134 valence electrons. The lowest BCUT2D eigenvalue weighted by Crippen LogP contribution is -2.25. The molecule has 3 rings (SSSR count). The van der Waals surface area contributed by atoms with Crippen LogP contribution in [0.25, 0.3) is 0 Å². The van der Waals surface area contributed by atoms with Crippen molar-refractivity contribution in [3.05, 3.63) is 70.6 Å². The van der Waals surface area contributed by atoms with Gasteiger partial charge in [-0.05, 0) is 23.8 Å². The highest BCUT2D eigenvalue weighted by atomic mass is 35.5. The topological polar surface area (TPSA) is 59.5 Å². The third-order valence-electron chi connectivity index (χ3n) is 4.56. The number of para-hydroxylation sites is 1. The number of ketones is 1. The van der Waals surface area contributed by atoms with Crippen LogP contribution in [0.2, 0.25) is 5.15 Å². The van der Waals surface area contributed by atoms with Crippen LogP contribution in [-0.2, 0) is 14.9 Å². The van der Waals surface area contributed by atoms with Crippen LogP contribution >= 0.6 is 11.6 Å². The summed E-state index contributed by atoms with van der Waals surface area (Å²) >= 11 is 5.86. The van der Waals surface area contributed by atoms with Gasteiger partial charge in [-0.2, -0.15) is 0 Å². The summed E-state index contributed by atoms with van der Waals surface area (Å²) in [5.74, 6) is -0.960. The smallest absolute Gasteiger partial charge is 0.341 e. The van der Waals surface area contributed by atoms with Gasteiger partial charge in [-0.3, -0.25) is 4.79 Å². The summed E-state index contributed by atoms with van der Waals surface area (Å²) in [6, 6.07) is 11.1. The number of hydrogen-bond acceptors (Lipinski definition) is 5. The Kier molecular flexibility index (Phi) is 4.83. The molecule has 0 atom stereocenters. The van der Waals surface area contributed by atoms with Gasteiger partial charge in [-0.15, -0.1) is 0 Å². The molecule has 5 nitrogen and oxygen atoms in total. The van der Waals surface area contributed by atoms with Gasteiger partial charge in [-0.1, -0.05) is 43.6 Å². The first-order chi connectivity index (χ1) is 12.3. The van der Waals surface area contributed by atoms with E-state index in [0.29, 0.717) is 0 Å². The van der Waals surface area contributed by atoms with Crippen LogP contribution < -0.4 is 4.90 Å². The molecule has 1 aromatic carbocycles. The standard InChI is InChI=1S/C20H19ClN2O3/c1-20(2)15-8-4-5-9-16(15)23(3)17(20)11-13(24)12-26-19(25)14-7-6-10-22-18(14)21/h4-11H,12H2,1-3H3. The molecule has 0 bridgehead atoms. The quantitative estimate of drug-likeness (QED) is 0.465. The second-order valence-electron chi connectivity index (χ2n) is 6.61. The molecule has 26 heavy (non-hydrogen) atoms. The van der Waals surface area contributed by atoms with Gasteiger partial charge in [0.05, 0.1) is 5.56 Å². The molecule has 1 aliphatic rings. The van der Waals surface area contributed by atoms with Crippen molar-refractivity contribution in [1.29, 1.82) is 0 Å². The number of hydrogen-bond donors (Lipinski definition) is 0. The van der Waals surface area contributed by atoms with Gasteiger partial charge in [0.25, 0.3) is 0 Å². The fraction of sp³-hybridized carbons (Fsp3) is 0.250. The van der Waals surface area contributed by atoms with E-state index in [4.69, 9.17) is 16.3 Å². The van der Waals surface area contributed by atoms with Crippen LogP contribution in [-0.4, -0.2) is 30.4 Å². The molecule has 0 fully saturated rings. The lowest BCUT2D eigenvalue weighted by atomic mass is 9.83. The van der Waals surface area contributed by atoms with Crippen molar-refractivity contribution in [3.8, 4) is 0 Å². The van der Waals surface area contributed by atoms with Gasteiger partial charge >= 0.3 is 5.97 Å². The first kappa shape index (κ1) is 18.1. The number of aromatic nitrogens is 1. The maximum Gasteiger partial charge on any atom is 0.341 e. The van der Waals surface area contributed by atoms with Crippen LogP contribution in [0.4, 0.5) is 5.69 Å². The van der Waals surface area contributed by atoms with Crippen molar-refractivity contribution in [2.75, 3.05) is 18.6 Å². The van der Waals surface area contributed by atoms with E-state index in [9.17, 15) is 9.59 Å². The third-order valence-corrected chi connectivity index (χ3v) is 4.86. The van der Waals surface area contributed by atoms with Gasteiger partial charge in [-0.25, -0.2) is 9.78 Å². The van der Waals surface area contributed by atoms with Crippen LogP contribution in [0, 0.1) is 0 Å². The number of ether oxygens (including phenoxy) is 1. The van der Waals surface area contributed by atoms with E-state index in [1.165, 1.54) is 18.3 Å². The molecule has 0 N–H and O–H groups in total. The summed E-state index contributed by atoms with van der Waals surface area (Å²) in [5.41, 5.74) is 2.91. The Morgan fingerprint density at radius 2 is 1.96 bits per heavy atom. The van der Waals surface area contributed by atoms with Crippen LogP contribution in [0.15, 0.2) is 54.4 Å². The molecule has 0 aliphatic carbocycles. The fourth-order valence-corrected chi connectivity index (χ4v) is 3.40. The number of pyridine rings is 1. The average Bonchev–Trinajstić information content (AvgIpc) is 2.81. The average molecular weight is 371 g/mol. The maximum absolute atomic E-state index is 12.4. The highest BCUT2D eigenvalue weighted by molar-refractivity contribution is 6.32. The largest absolute Gasteiger partial charge is 0.454 e. The highest BCUT2D eigenvalue weighted by Gasteiger charge is 2.38. The van der Waals surface area contributed by atoms with E-state index in [1.54, 1.807) is 6.07 Å². The molecule has 0 unspecified atom stereocenters. The van der Waals surface area contributed by atoms with Gasteiger partial charge in [0.15, 0.2) is 12.4 Å². The second-order valence-corrected chi connectivity index (χ2v) is 6.97. The number of carbonyl (C=O) groups excluding carboxylic acids is 2. The molecule has 1 aromatic heterocycles. The number of esters is 1. The molecule has 0 radical (unpaired) electrons. The van der Waals surface area contributed by atoms with Crippen molar-refractivity contribution in [3.63, 3.8) is 0 Å². The Morgan fingerprint density at radius 1 is 1.23 bits per heavy atom. The normalized spacial score (nSPS) is 16.5. The zero-order valence-corrected chi connectivity index (χ0v) is 15.6. The number of halogens is 1. The molecule has 0 saturated carbocycles. The van der Waals surface area contributed by atoms with Gasteiger partial charge < -0.3 is 9.64 Å². The first-order valence-corrected chi connectivity index (χ1v) is 8.56. The number of fused-ring (bicyclic) bond motifs is 1. The number of carbonyl (C=O) groups is 2. The Morgan fingerprint density at radius 3 is 2.65 bits per heavy atom. The summed E-state index contributed by atoms with van der Waals surface area (Å²) in [6.45, 7) is 3.78. The number of nitrogens with zero attached hydrogens (tertiary/aromatic N) is 2. The monoisotopic (exact) mass is 370 g/mol. The Hall–Kier alpha value is -2.66. The molecule has 2 aromatic rings. The van der Waals surface area contributed by atoms with Gasteiger partial charge in [0.2, 0.25) is 0 Å². The number of likely N-dealkylation sites (N-methyl/N-ethyl adjacent to an activating group) is 1. The summed E-state index contributed by atoms with van der Waals surface area (Å²) in [7, 11) is 1.92. The van der Waals surface area contributed by atoms with Crippen LogP contribution in [0.1, 0.15) is 29.8 Å². The molecule has 2 heterocycles. The van der Waals surface area contributed by atoms with Crippen LogP contribution in [0.3, 0.4) is 0 Å². The Balaban J connectivity index is 1.74. The van der Waals surface area contributed by atoms with E-state index in [-0.39, 0.29) is 28.5 Å². The second kappa shape index (κ2) is 6.92. The predicted molar refractivity (Wildman–Crippen MR) is 100 cm³/mol. The zero-order chi connectivity index (χ0) is 18.9. The predicted octanol–water partition coefficient (Wildman–Crippen LogP) is 3.77. The van der Waals surface area contributed by atoms with Crippen LogP contribution in [0.5, 0.6) is 0 Å². The molecule has 0 spiro atoms. The van der Waals surface area contributed by atoms with Crippen molar-refractivity contribution < 1.29 is 14.3 Å². The number of allylic oxidation sites excluding steroid dienone is 1. The van der Waals surface area contributed by atoms with Crippen molar-refractivity contribution in [1.82, 2.24) is 4.98 Å². The minimum absolute atomic E-state index is 0.0513. The number of benzene rings is 1. The lowest BCUT2D eigenvalue weighted by molar-refractivity contribution is -0.117. The van der Waals surface area contributed by atoms with Crippen molar-refractivity contribution in [2.45, 2.75) is 19.3 Å². The summed E-state index contributed by atoms with van der Waals surface area (Å²) in [4.78, 5) is 30.2. The molecule has 0 saturated heterocycles. The minimum atomic E-state index is -0.669. The van der Waals surface area contributed by atoms with E-state index in [1.807, 2.05) is 30.1 Å². The minimum Gasteiger partial charge on any atom is -0.454 e. The van der Waals surface area contributed by atoms with E-state index in [2.05, 4.69) is 24.9 Å². The number of rotatable bonds is 4. The van der Waals surface area contributed by atoms with Crippen molar-refractivity contribution in [2.24, 2.45) is 0 Å². The van der Waals surface area contributed by atoms with Gasteiger partial charge in [0.1, 0.15) is 5.15 Å². The van der Waals surface area contributed by atoms with E-state index >= 15 is 0 Å². The summed E-state index contributed by atoms with van der Waals surface area (Å²) in [6.07, 6.45) is 3.02. The van der Waals surface area contributed by atoms with E-state index in [0.717, 1.165) is 16.9 Å². The molecule has 1 aliphatic heterocycles. The zero-order valence-electron chi connectivity index (χ0n) is 14.8. The highest BCUT2D eigenvalue weighted by Crippen LogP contribution is 2.46. The van der Waals surface area contributed by atoms with Crippen molar-refractivity contribution >= 4 is 29.0 Å². The summed E-state index contributed by atoms with van der Waals surface area (Å²) < 4.78 is 5.09. The molecule has 6 heteroatoms. The molecular formula is C20H19ClN2O3. The lowest BCUT2D eigenvalue weighted by Gasteiger charge is -2.23. The van der Waals surface area contributed by atoms with Gasteiger partial charge in [0, 0.05) is 36.1 Å². The van der Waals surface area contributed by atoms with E-state index < -0.39 is 5.97 Å². The first-order valence-electron chi connectivity index (χ1n) is 8.18. The number of anilines is 1. The maximum atomic E-state index is 12.4. The fourth-order valence-electron chi connectivity index (χ4n) is 3.21. The summed E-state index contributed by atoms with van der Waals surface area (Å²) in [5, 5.41) is 0.0513. The molecular weight excluding hydrogens is 352 g/mol. The Labute approximate surface area is 157 Å². The third kappa shape index (κ3) is 3.22. The molecule has 0 amide bonds.